The smallest absolute Gasteiger partial charge is 0.244 e. The SMILES string of the molecule is CC1CCN(c2n[nH]c(CS(C)(=O)=O)n2)CC1N. The molecule has 0 amide bonds. The maximum absolute atomic E-state index is 11.2. The molecule has 1 fully saturated rings. The summed E-state index contributed by atoms with van der Waals surface area (Å²) in [6, 6.07) is 0.107. The van der Waals surface area contributed by atoms with E-state index in [0.717, 1.165) is 13.0 Å². The molecule has 3 N–H and O–H groups in total. The van der Waals surface area contributed by atoms with Crippen LogP contribution in [0, 0.1) is 5.92 Å². The standard InChI is InChI=1S/C10H19N5O2S/c1-7-3-4-15(5-8(7)11)10-12-9(13-14-10)6-18(2,16)17/h7-8H,3-6,11H2,1-2H3,(H,12,13,14). The lowest BCUT2D eigenvalue weighted by atomic mass is 9.95. The Labute approximate surface area is 107 Å². The van der Waals surface area contributed by atoms with E-state index in [9.17, 15) is 8.42 Å². The van der Waals surface area contributed by atoms with Crippen molar-refractivity contribution in [3.63, 3.8) is 0 Å². The lowest BCUT2D eigenvalue weighted by Gasteiger charge is -2.34. The molecule has 0 bridgehead atoms. The maximum atomic E-state index is 11.2. The number of rotatable bonds is 3. The molecular weight excluding hydrogens is 254 g/mol. The van der Waals surface area contributed by atoms with Gasteiger partial charge in [0.1, 0.15) is 11.6 Å². The Morgan fingerprint density at radius 1 is 1.56 bits per heavy atom. The Bertz CT molecular complexity index is 512. The van der Waals surface area contributed by atoms with Crippen molar-refractivity contribution in [2.75, 3.05) is 24.2 Å². The molecule has 102 valence electrons. The van der Waals surface area contributed by atoms with E-state index in [1.165, 1.54) is 6.26 Å². The Morgan fingerprint density at radius 3 is 2.89 bits per heavy atom. The van der Waals surface area contributed by atoms with E-state index in [0.29, 0.717) is 24.2 Å². The lowest BCUT2D eigenvalue weighted by Crippen LogP contribution is -2.48. The number of anilines is 1. The largest absolute Gasteiger partial charge is 0.338 e. The number of hydrogen-bond acceptors (Lipinski definition) is 6. The van der Waals surface area contributed by atoms with Gasteiger partial charge in [0.2, 0.25) is 5.95 Å². The third kappa shape index (κ3) is 3.20. The molecule has 0 saturated carbocycles. The van der Waals surface area contributed by atoms with Crippen LogP contribution in [0.1, 0.15) is 19.2 Å². The molecule has 1 saturated heterocycles. The van der Waals surface area contributed by atoms with Crippen LogP contribution in [0.15, 0.2) is 0 Å². The highest BCUT2D eigenvalue weighted by atomic mass is 32.2. The first-order valence-electron chi connectivity index (χ1n) is 5.94. The van der Waals surface area contributed by atoms with Gasteiger partial charge in [0, 0.05) is 25.4 Å². The molecule has 2 unspecified atom stereocenters. The predicted octanol–water partition coefficient (Wildman–Crippen LogP) is -0.477. The Balaban J connectivity index is 2.06. The first-order valence-corrected chi connectivity index (χ1v) is 8.01. The van der Waals surface area contributed by atoms with Gasteiger partial charge in [0.05, 0.1) is 0 Å². The number of nitrogens with two attached hydrogens (primary N) is 1. The number of piperidine rings is 1. The van der Waals surface area contributed by atoms with E-state index in [1.54, 1.807) is 0 Å². The van der Waals surface area contributed by atoms with E-state index in [1.807, 2.05) is 4.90 Å². The average Bonchev–Trinajstić information content (AvgIpc) is 2.68. The number of H-pyrrole nitrogens is 1. The Morgan fingerprint density at radius 2 is 2.28 bits per heavy atom. The fourth-order valence-electron chi connectivity index (χ4n) is 2.02. The predicted molar refractivity (Wildman–Crippen MR) is 68.9 cm³/mol. The minimum absolute atomic E-state index is 0.107. The zero-order valence-electron chi connectivity index (χ0n) is 10.6. The highest BCUT2D eigenvalue weighted by Gasteiger charge is 2.25. The van der Waals surface area contributed by atoms with Gasteiger partial charge >= 0.3 is 0 Å². The fourth-order valence-corrected chi connectivity index (χ4v) is 2.65. The minimum Gasteiger partial charge on any atom is -0.338 e. The summed E-state index contributed by atoms with van der Waals surface area (Å²) < 4.78 is 22.3. The van der Waals surface area contributed by atoms with Crippen molar-refractivity contribution >= 4 is 15.8 Å². The summed E-state index contributed by atoms with van der Waals surface area (Å²) in [5.74, 6) is 1.29. The maximum Gasteiger partial charge on any atom is 0.244 e. The number of nitrogens with zero attached hydrogens (tertiary/aromatic N) is 3. The summed E-state index contributed by atoms with van der Waals surface area (Å²) in [7, 11) is -3.09. The molecule has 2 atom stereocenters. The molecule has 7 nitrogen and oxygen atoms in total. The van der Waals surface area contributed by atoms with Crippen molar-refractivity contribution in [1.82, 2.24) is 15.2 Å². The molecule has 0 aliphatic carbocycles. The van der Waals surface area contributed by atoms with Crippen molar-refractivity contribution in [3.8, 4) is 0 Å². The van der Waals surface area contributed by atoms with Crippen LogP contribution in [0.3, 0.4) is 0 Å². The second-order valence-corrected chi connectivity index (χ2v) is 7.17. The van der Waals surface area contributed by atoms with Crippen molar-refractivity contribution < 1.29 is 8.42 Å². The van der Waals surface area contributed by atoms with Crippen molar-refractivity contribution in [2.45, 2.75) is 25.1 Å². The van der Waals surface area contributed by atoms with Gasteiger partial charge in [0.15, 0.2) is 9.84 Å². The summed E-state index contributed by atoms with van der Waals surface area (Å²) in [6.45, 7) is 3.69. The molecule has 1 aromatic heterocycles. The fraction of sp³-hybridized carbons (Fsp3) is 0.800. The molecule has 2 heterocycles. The van der Waals surface area contributed by atoms with E-state index in [-0.39, 0.29) is 11.8 Å². The second-order valence-electron chi connectivity index (χ2n) is 5.03. The summed E-state index contributed by atoms with van der Waals surface area (Å²) in [5.41, 5.74) is 6.01. The van der Waals surface area contributed by atoms with Gasteiger partial charge in [-0.2, -0.15) is 4.98 Å². The zero-order chi connectivity index (χ0) is 13.3. The van der Waals surface area contributed by atoms with Gasteiger partial charge < -0.3 is 10.6 Å². The van der Waals surface area contributed by atoms with E-state index >= 15 is 0 Å². The zero-order valence-corrected chi connectivity index (χ0v) is 11.4. The van der Waals surface area contributed by atoms with Crippen molar-refractivity contribution in [3.05, 3.63) is 5.82 Å². The van der Waals surface area contributed by atoms with Gasteiger partial charge in [0.25, 0.3) is 0 Å². The molecule has 1 aromatic rings. The van der Waals surface area contributed by atoms with E-state index in [4.69, 9.17) is 5.73 Å². The monoisotopic (exact) mass is 273 g/mol. The molecular formula is C10H19N5O2S. The van der Waals surface area contributed by atoms with Gasteiger partial charge in [-0.3, -0.25) is 5.10 Å². The molecule has 2 rings (SSSR count). The number of sulfone groups is 1. The molecule has 8 heteroatoms. The number of hydrogen-bond donors (Lipinski definition) is 2. The van der Waals surface area contributed by atoms with Gasteiger partial charge in [-0.05, 0) is 12.3 Å². The highest BCUT2D eigenvalue weighted by Crippen LogP contribution is 2.19. The molecule has 18 heavy (non-hydrogen) atoms. The number of aromatic nitrogens is 3. The average molecular weight is 273 g/mol. The lowest BCUT2D eigenvalue weighted by molar-refractivity contribution is 0.376. The Hall–Kier alpha value is -1.15. The van der Waals surface area contributed by atoms with Crippen LogP contribution in [0.2, 0.25) is 0 Å². The van der Waals surface area contributed by atoms with Gasteiger partial charge in [-0.15, -0.1) is 5.10 Å². The summed E-state index contributed by atoms with van der Waals surface area (Å²) in [4.78, 5) is 6.20. The van der Waals surface area contributed by atoms with Crippen LogP contribution in [0.4, 0.5) is 5.95 Å². The van der Waals surface area contributed by atoms with Crippen LogP contribution in [0.25, 0.3) is 0 Å². The normalized spacial score (nSPS) is 25.4. The number of aromatic amines is 1. The Kier molecular flexibility index (Phi) is 3.58. The summed E-state index contributed by atoms with van der Waals surface area (Å²) in [6.07, 6.45) is 2.17. The van der Waals surface area contributed by atoms with Crippen molar-refractivity contribution in [1.29, 1.82) is 0 Å². The summed E-state index contributed by atoms with van der Waals surface area (Å²) in [5, 5.41) is 6.72. The highest BCUT2D eigenvalue weighted by molar-refractivity contribution is 7.89. The van der Waals surface area contributed by atoms with Crippen LogP contribution < -0.4 is 10.6 Å². The van der Waals surface area contributed by atoms with Crippen LogP contribution in [0.5, 0.6) is 0 Å². The first kappa shape index (κ1) is 13.3. The summed E-state index contributed by atoms with van der Waals surface area (Å²) >= 11 is 0. The first-order chi connectivity index (χ1) is 8.35. The van der Waals surface area contributed by atoms with Crippen LogP contribution in [-0.4, -0.2) is 49.0 Å². The third-order valence-corrected chi connectivity index (χ3v) is 4.02. The van der Waals surface area contributed by atoms with Crippen molar-refractivity contribution in [2.24, 2.45) is 11.7 Å². The second kappa shape index (κ2) is 4.85. The number of nitrogens with one attached hydrogen (secondary N) is 1. The molecule has 0 aromatic carbocycles. The van der Waals surface area contributed by atoms with Crippen LogP contribution in [-0.2, 0) is 15.6 Å². The van der Waals surface area contributed by atoms with E-state index < -0.39 is 9.84 Å². The molecule has 1 aliphatic rings. The molecule has 0 spiro atoms. The van der Waals surface area contributed by atoms with E-state index in [2.05, 4.69) is 22.1 Å². The molecule has 1 aliphatic heterocycles. The molecule has 0 radical (unpaired) electrons. The minimum atomic E-state index is -3.09. The topological polar surface area (TPSA) is 105 Å². The quantitative estimate of drug-likeness (QED) is 0.771. The van der Waals surface area contributed by atoms with Gasteiger partial charge in [-0.25, -0.2) is 8.42 Å². The van der Waals surface area contributed by atoms with Crippen LogP contribution >= 0.6 is 0 Å². The van der Waals surface area contributed by atoms with Gasteiger partial charge in [-0.1, -0.05) is 6.92 Å². The third-order valence-electron chi connectivity index (χ3n) is 3.22.